The fourth-order valence-corrected chi connectivity index (χ4v) is 6.61. The van der Waals surface area contributed by atoms with Gasteiger partial charge in [0.25, 0.3) is 0 Å². The van der Waals surface area contributed by atoms with Crippen LogP contribution in [0.1, 0.15) is 70.3 Å². The van der Waals surface area contributed by atoms with Crippen molar-refractivity contribution in [1.82, 2.24) is 47.9 Å². The molecule has 0 bridgehead atoms. The Labute approximate surface area is 400 Å². The van der Waals surface area contributed by atoms with E-state index in [-0.39, 0.29) is 45.1 Å². The first-order chi connectivity index (χ1) is 33.1. The zero-order valence-corrected chi connectivity index (χ0v) is 38.3. The molecule has 1 fully saturated rings. The van der Waals surface area contributed by atoms with Crippen molar-refractivity contribution in [1.29, 1.82) is 0 Å². The molecule has 0 aromatic heterocycles. The molecule has 0 saturated carbocycles. The topological polar surface area (TPSA) is 466 Å². The Kier molecular flexibility index (Phi) is 25.4. The number of carbonyl (C=O) groups excluding carboxylic acids is 11. The first-order valence-electron chi connectivity index (χ1n) is 22.1. The fourth-order valence-electron chi connectivity index (χ4n) is 6.61. The number of nitrogens with two attached hydrogens (primary N) is 2. The molecule has 0 spiro atoms. The number of benzene rings is 1. The Bertz CT molecular complexity index is 2030. The lowest BCUT2D eigenvalue weighted by molar-refractivity contribution is -0.139. The third kappa shape index (κ3) is 20.9. The van der Waals surface area contributed by atoms with Crippen LogP contribution in [0.5, 0.6) is 0 Å². The zero-order chi connectivity index (χ0) is 52.5. The molecule has 1 aliphatic rings. The van der Waals surface area contributed by atoms with Crippen LogP contribution in [-0.4, -0.2) is 177 Å². The third-order valence-corrected chi connectivity index (χ3v) is 10.5. The highest BCUT2D eigenvalue weighted by Gasteiger charge is 2.36. The molecule has 28 heteroatoms. The molecule has 1 aromatic carbocycles. The number of hydrogen-bond acceptors (Lipinski definition) is 16. The summed E-state index contributed by atoms with van der Waals surface area (Å²) in [5, 5.41) is 70.4. The van der Waals surface area contributed by atoms with Gasteiger partial charge in [0.15, 0.2) is 0 Å². The number of aliphatic hydroxyl groups excluding tert-OH is 4. The second-order valence-electron chi connectivity index (χ2n) is 16.2. The van der Waals surface area contributed by atoms with Crippen LogP contribution >= 0.6 is 0 Å². The molecule has 388 valence electrons. The summed E-state index contributed by atoms with van der Waals surface area (Å²) in [6.45, 7) is -2.31. The molecular weight excluding hydrogens is 931 g/mol. The minimum Gasteiger partial charge on any atom is -0.481 e. The van der Waals surface area contributed by atoms with Gasteiger partial charge >= 0.3 is 5.97 Å². The summed E-state index contributed by atoms with van der Waals surface area (Å²) in [7, 11) is 0. The van der Waals surface area contributed by atoms with Crippen LogP contribution in [0.4, 0.5) is 0 Å². The van der Waals surface area contributed by atoms with Gasteiger partial charge in [0.2, 0.25) is 65.0 Å². The fraction of sp³-hybridized carbons (Fsp3) is 0.571. The summed E-state index contributed by atoms with van der Waals surface area (Å²) >= 11 is 0. The molecule has 0 aliphatic carbocycles. The van der Waals surface area contributed by atoms with E-state index in [1.54, 1.807) is 30.3 Å². The highest BCUT2D eigenvalue weighted by Crippen LogP contribution is 2.09. The SMILES string of the molecule is C[C@@H](O)[C@@H]1NC(=O)[C@H](CC(N)=O)NC(=O)C(CO)NC(=O)CCCCCNC(=O)C(CCC(N)=O)NC(=O)C(Cc2ccccc2)NC(=O)[C@H](CO)NC(=O)C(CCC(=O)O)NC(=O)[C@H](CO)NC1=O. The van der Waals surface area contributed by atoms with Gasteiger partial charge in [0.1, 0.15) is 48.3 Å². The molecular formula is C42H63N11O17. The first kappa shape index (κ1) is 58.8. The second kappa shape index (κ2) is 30.2. The van der Waals surface area contributed by atoms with E-state index in [4.69, 9.17) is 11.5 Å². The lowest BCUT2D eigenvalue weighted by Gasteiger charge is -2.28. The molecule has 0 radical (unpaired) electrons. The number of carboxylic acids is 1. The van der Waals surface area contributed by atoms with Crippen LogP contribution in [0.3, 0.4) is 0 Å². The smallest absolute Gasteiger partial charge is 0.303 e. The summed E-state index contributed by atoms with van der Waals surface area (Å²) in [5.41, 5.74) is 11.1. The molecule has 28 nitrogen and oxygen atoms in total. The molecule has 11 amide bonds. The van der Waals surface area contributed by atoms with E-state index < -0.39 is 164 Å². The Morgan fingerprint density at radius 1 is 0.557 bits per heavy atom. The van der Waals surface area contributed by atoms with Gasteiger partial charge in [-0.1, -0.05) is 36.8 Å². The highest BCUT2D eigenvalue weighted by atomic mass is 16.4. The van der Waals surface area contributed by atoms with Gasteiger partial charge in [0, 0.05) is 32.2 Å². The molecule has 9 atom stereocenters. The summed E-state index contributed by atoms with van der Waals surface area (Å²) < 4.78 is 0. The summed E-state index contributed by atoms with van der Waals surface area (Å²) in [5.74, 6) is -13.5. The molecule has 18 N–H and O–H groups in total. The number of rotatable bonds is 14. The zero-order valence-electron chi connectivity index (χ0n) is 38.3. The average molecular weight is 994 g/mol. The second-order valence-corrected chi connectivity index (χ2v) is 16.2. The highest BCUT2D eigenvalue weighted by molar-refractivity contribution is 5.99. The van der Waals surface area contributed by atoms with Crippen molar-refractivity contribution in [2.75, 3.05) is 26.4 Å². The van der Waals surface area contributed by atoms with E-state index >= 15 is 0 Å². The monoisotopic (exact) mass is 993 g/mol. The summed E-state index contributed by atoms with van der Waals surface area (Å²) in [4.78, 5) is 156. The van der Waals surface area contributed by atoms with Crippen LogP contribution in [-0.2, 0) is 64.0 Å². The lowest BCUT2D eigenvalue weighted by atomic mass is 10.0. The van der Waals surface area contributed by atoms with Crippen molar-refractivity contribution in [3.8, 4) is 0 Å². The van der Waals surface area contributed by atoms with Gasteiger partial charge < -0.3 is 84.9 Å². The summed E-state index contributed by atoms with van der Waals surface area (Å²) in [6, 6.07) is -6.02. The average Bonchev–Trinajstić information content (AvgIpc) is 3.30. The molecule has 70 heavy (non-hydrogen) atoms. The number of aliphatic hydroxyl groups is 4. The predicted molar refractivity (Wildman–Crippen MR) is 239 cm³/mol. The normalized spacial score (nSPS) is 25.3. The van der Waals surface area contributed by atoms with E-state index in [1.165, 1.54) is 0 Å². The van der Waals surface area contributed by atoms with Crippen LogP contribution in [0, 0.1) is 0 Å². The number of nitrogens with one attached hydrogen (secondary N) is 9. The van der Waals surface area contributed by atoms with E-state index in [0.717, 1.165) is 6.92 Å². The third-order valence-electron chi connectivity index (χ3n) is 10.5. The van der Waals surface area contributed by atoms with Crippen molar-refractivity contribution in [2.45, 2.75) is 126 Å². The quantitative estimate of drug-likeness (QED) is 0.0823. The van der Waals surface area contributed by atoms with Crippen LogP contribution < -0.4 is 59.3 Å². The Hall–Kier alpha value is -7.30. The standard InChI is InChI=1S/C42H63N11O17/c1-21(57)34-42(70)52-29(20-56)40(68)48-24(12-14-33(61)62)36(64)51-28(19-55)41(69)49-25(16-22-8-4-2-5-9-22)37(65)47-23(11-13-30(43)58)35(63)45-15-7-3-6-10-32(60)46-27(18-54)39(67)50-26(17-31(44)59)38(66)53-34/h2,4-5,8-9,21,23-29,34,54-57H,3,6-7,10-20H2,1H3,(H2,43,58)(H2,44,59)(H,45,63)(H,46,60)(H,47,65)(H,48,68)(H,49,69)(H,50,67)(H,51,64)(H,52,70)(H,53,66)(H,61,62)/t21-,23?,24?,25?,26+,27?,28+,29+,34+/m1/s1. The van der Waals surface area contributed by atoms with E-state index in [1.807, 2.05) is 5.32 Å². The lowest BCUT2D eigenvalue weighted by Crippen LogP contribution is -2.62. The van der Waals surface area contributed by atoms with Gasteiger partial charge in [0.05, 0.1) is 32.3 Å². The van der Waals surface area contributed by atoms with Crippen LogP contribution in [0.25, 0.3) is 0 Å². The van der Waals surface area contributed by atoms with E-state index in [9.17, 15) is 83.1 Å². The van der Waals surface area contributed by atoms with Gasteiger partial charge in [-0.25, -0.2) is 0 Å². The van der Waals surface area contributed by atoms with Crippen molar-refractivity contribution in [3.05, 3.63) is 35.9 Å². The molecule has 1 heterocycles. The van der Waals surface area contributed by atoms with E-state index in [0.29, 0.717) is 12.0 Å². The Morgan fingerprint density at radius 3 is 1.54 bits per heavy atom. The first-order valence-corrected chi connectivity index (χ1v) is 22.1. The van der Waals surface area contributed by atoms with Crippen molar-refractivity contribution < 1.29 is 83.1 Å². The minimum atomic E-state index is -1.99. The maximum atomic E-state index is 13.9. The van der Waals surface area contributed by atoms with Crippen molar-refractivity contribution in [2.24, 2.45) is 11.5 Å². The van der Waals surface area contributed by atoms with Crippen molar-refractivity contribution >= 4 is 70.9 Å². The van der Waals surface area contributed by atoms with Gasteiger partial charge in [-0.15, -0.1) is 0 Å². The number of amides is 11. The Balaban J connectivity index is 2.58. The Morgan fingerprint density at radius 2 is 1.01 bits per heavy atom. The van der Waals surface area contributed by atoms with Crippen LogP contribution in [0.2, 0.25) is 0 Å². The summed E-state index contributed by atoms with van der Waals surface area (Å²) in [6.07, 6.45) is -4.41. The van der Waals surface area contributed by atoms with Gasteiger partial charge in [-0.3, -0.25) is 57.5 Å². The molecule has 4 unspecified atom stereocenters. The number of hydrogen-bond donors (Lipinski definition) is 16. The van der Waals surface area contributed by atoms with Gasteiger partial charge in [-0.05, 0) is 38.2 Å². The van der Waals surface area contributed by atoms with Crippen LogP contribution in [0.15, 0.2) is 30.3 Å². The number of carboxylic acid groups (broad SMARTS) is 1. The van der Waals surface area contributed by atoms with E-state index in [2.05, 4.69) is 42.5 Å². The maximum Gasteiger partial charge on any atom is 0.303 e. The molecule has 1 aliphatic heterocycles. The molecule has 1 aromatic rings. The number of primary amides is 2. The number of aliphatic carboxylic acids is 1. The molecule has 2 rings (SSSR count). The number of carbonyl (C=O) groups is 12. The van der Waals surface area contributed by atoms with Gasteiger partial charge in [-0.2, -0.15) is 0 Å². The maximum absolute atomic E-state index is 13.9. The molecule has 1 saturated heterocycles. The largest absolute Gasteiger partial charge is 0.481 e. The van der Waals surface area contributed by atoms with Crippen molar-refractivity contribution in [3.63, 3.8) is 0 Å². The minimum absolute atomic E-state index is 0.00256. The predicted octanol–water partition coefficient (Wildman–Crippen LogP) is -7.84.